The van der Waals surface area contributed by atoms with E-state index in [-0.39, 0.29) is 17.9 Å². The number of hydrogen-bond acceptors (Lipinski definition) is 3. The lowest BCUT2D eigenvalue weighted by Crippen LogP contribution is -2.20. The van der Waals surface area contributed by atoms with E-state index in [4.69, 9.17) is 9.47 Å². The van der Waals surface area contributed by atoms with Gasteiger partial charge in [-0.15, -0.1) is 0 Å². The summed E-state index contributed by atoms with van der Waals surface area (Å²) < 4.78 is 11.1. The molecule has 0 bridgehead atoms. The Morgan fingerprint density at radius 3 is 2.27 bits per heavy atom. The molecule has 2 rings (SSSR count). The molecule has 0 radical (unpaired) electrons. The van der Waals surface area contributed by atoms with Crippen LogP contribution in [-0.2, 0) is 10.2 Å². The summed E-state index contributed by atoms with van der Waals surface area (Å²) in [7, 11) is 0. The van der Waals surface area contributed by atoms with Gasteiger partial charge in [0, 0.05) is 11.8 Å². The molecule has 4 heteroatoms. The maximum Gasteiger partial charge on any atom is 0.262 e. The third kappa shape index (κ3) is 6.28. The summed E-state index contributed by atoms with van der Waals surface area (Å²) in [6.07, 6.45) is 0. The molecule has 0 heterocycles. The molecule has 0 aliphatic heterocycles. The van der Waals surface area contributed by atoms with Gasteiger partial charge in [-0.1, -0.05) is 45.5 Å². The average molecular weight is 353 g/mol. The maximum atomic E-state index is 12.1. The summed E-state index contributed by atoms with van der Waals surface area (Å²) in [5.74, 6) is 1.14. The minimum absolute atomic E-state index is 0.0499. The van der Waals surface area contributed by atoms with Crippen LogP contribution in [0, 0.1) is 0 Å². The summed E-state index contributed by atoms with van der Waals surface area (Å²) in [6.45, 7) is 12.6. The molecule has 0 aliphatic carbocycles. The van der Waals surface area contributed by atoms with Gasteiger partial charge in [0.25, 0.3) is 5.91 Å². The van der Waals surface area contributed by atoms with Crippen LogP contribution in [0.5, 0.6) is 11.5 Å². The van der Waals surface area contributed by atoms with Crippen LogP contribution in [0.25, 0.3) is 0 Å². The third-order valence-corrected chi connectivity index (χ3v) is 3.69. The second kappa shape index (κ2) is 8.56. The van der Waals surface area contributed by atoms with Gasteiger partial charge in [-0.25, -0.2) is 0 Å². The van der Waals surface area contributed by atoms with E-state index in [1.807, 2.05) is 49.4 Å². The van der Waals surface area contributed by atoms with Crippen molar-refractivity contribution in [1.29, 1.82) is 0 Å². The predicted molar refractivity (Wildman–Crippen MR) is 106 cm³/mol. The smallest absolute Gasteiger partial charge is 0.262 e. The van der Waals surface area contributed by atoms with E-state index in [2.05, 4.69) is 32.7 Å². The largest absolute Gasteiger partial charge is 0.489 e. The normalized spacial score (nSPS) is 10.9. The maximum absolute atomic E-state index is 12.1. The Balaban J connectivity index is 1.87. The van der Waals surface area contributed by atoms with Gasteiger partial charge in [0.15, 0.2) is 6.61 Å². The number of benzene rings is 2. The van der Waals surface area contributed by atoms with Crippen molar-refractivity contribution in [3.8, 4) is 11.5 Å². The molecule has 0 spiro atoms. The molecule has 2 aromatic carbocycles. The number of rotatable bonds is 7. The van der Waals surface area contributed by atoms with Gasteiger partial charge in [-0.2, -0.15) is 0 Å². The van der Waals surface area contributed by atoms with Crippen molar-refractivity contribution in [2.75, 3.05) is 18.5 Å². The highest BCUT2D eigenvalue weighted by Gasteiger charge is 2.13. The van der Waals surface area contributed by atoms with Gasteiger partial charge in [0.05, 0.1) is 0 Å². The summed E-state index contributed by atoms with van der Waals surface area (Å²) in [4.78, 5) is 12.1. The minimum Gasteiger partial charge on any atom is -0.489 e. The van der Waals surface area contributed by atoms with Crippen LogP contribution < -0.4 is 14.8 Å². The average Bonchev–Trinajstić information content (AvgIpc) is 2.58. The Labute approximate surface area is 155 Å². The Hall–Kier alpha value is -2.75. The van der Waals surface area contributed by atoms with Gasteiger partial charge < -0.3 is 14.8 Å². The number of ether oxygens (including phenoxy) is 2. The highest BCUT2D eigenvalue weighted by Crippen LogP contribution is 2.24. The molecule has 2 aromatic rings. The molecule has 0 aliphatic rings. The zero-order valence-corrected chi connectivity index (χ0v) is 16.0. The fourth-order valence-electron chi connectivity index (χ4n) is 2.27. The molecule has 0 aromatic heterocycles. The lowest BCUT2D eigenvalue weighted by Gasteiger charge is -2.19. The Morgan fingerprint density at radius 1 is 1.00 bits per heavy atom. The second-order valence-corrected chi connectivity index (χ2v) is 7.38. The zero-order chi connectivity index (χ0) is 19.2. The summed E-state index contributed by atoms with van der Waals surface area (Å²) in [5.41, 5.74) is 2.92. The Morgan fingerprint density at radius 2 is 1.65 bits per heavy atom. The molecule has 26 heavy (non-hydrogen) atoms. The molecular weight excluding hydrogens is 326 g/mol. The molecular formula is C22H27NO3. The van der Waals surface area contributed by atoms with Crippen LogP contribution in [0.15, 0.2) is 60.7 Å². The van der Waals surface area contributed by atoms with E-state index in [1.165, 1.54) is 5.56 Å². The van der Waals surface area contributed by atoms with Crippen LogP contribution in [-0.4, -0.2) is 19.1 Å². The van der Waals surface area contributed by atoms with Crippen molar-refractivity contribution in [2.24, 2.45) is 0 Å². The van der Waals surface area contributed by atoms with Crippen LogP contribution >= 0.6 is 0 Å². The van der Waals surface area contributed by atoms with Crippen LogP contribution in [0.4, 0.5) is 5.69 Å². The number of carbonyl (C=O) groups excluding carboxylic acids is 1. The quantitative estimate of drug-likeness (QED) is 0.716. The van der Waals surface area contributed by atoms with Gasteiger partial charge in [0.1, 0.15) is 18.1 Å². The molecule has 0 unspecified atom stereocenters. The summed E-state index contributed by atoms with van der Waals surface area (Å²) in [5, 5.41) is 2.81. The number of amides is 1. The molecule has 1 N–H and O–H groups in total. The molecule has 1 amide bonds. The minimum atomic E-state index is -0.220. The van der Waals surface area contributed by atoms with Gasteiger partial charge >= 0.3 is 0 Å². The fraction of sp³-hybridized carbons (Fsp3) is 0.318. The van der Waals surface area contributed by atoms with Crippen molar-refractivity contribution < 1.29 is 14.3 Å². The van der Waals surface area contributed by atoms with Crippen LogP contribution in [0.3, 0.4) is 0 Å². The van der Waals surface area contributed by atoms with Gasteiger partial charge in [0.2, 0.25) is 0 Å². The van der Waals surface area contributed by atoms with E-state index in [1.54, 1.807) is 6.07 Å². The first-order valence-corrected chi connectivity index (χ1v) is 8.64. The first-order chi connectivity index (χ1) is 12.2. The fourth-order valence-corrected chi connectivity index (χ4v) is 2.27. The van der Waals surface area contributed by atoms with Crippen molar-refractivity contribution in [1.82, 2.24) is 0 Å². The SMILES string of the molecule is C=C(C)COc1cccc(NC(=O)COc2ccc(C(C)(C)C)cc2)c1. The highest BCUT2D eigenvalue weighted by molar-refractivity contribution is 5.92. The predicted octanol–water partition coefficient (Wildman–Crippen LogP) is 4.96. The van der Waals surface area contributed by atoms with Crippen LogP contribution in [0.1, 0.15) is 33.3 Å². The molecule has 0 saturated heterocycles. The zero-order valence-electron chi connectivity index (χ0n) is 16.0. The standard InChI is InChI=1S/C22H27NO3/c1-16(2)14-25-20-8-6-7-18(13-20)23-21(24)15-26-19-11-9-17(10-12-19)22(3,4)5/h6-13H,1,14-15H2,2-5H3,(H,23,24). The van der Waals surface area contributed by atoms with E-state index >= 15 is 0 Å². The van der Waals surface area contributed by atoms with Gasteiger partial charge in [-0.05, 0) is 47.7 Å². The highest BCUT2D eigenvalue weighted by atomic mass is 16.5. The molecule has 0 fully saturated rings. The lowest BCUT2D eigenvalue weighted by atomic mass is 9.87. The van der Waals surface area contributed by atoms with Crippen molar-refractivity contribution >= 4 is 11.6 Å². The van der Waals surface area contributed by atoms with Crippen LogP contribution in [0.2, 0.25) is 0 Å². The number of nitrogens with one attached hydrogen (secondary N) is 1. The number of anilines is 1. The summed E-state index contributed by atoms with van der Waals surface area (Å²) in [6, 6.07) is 15.1. The Bertz CT molecular complexity index is 758. The topological polar surface area (TPSA) is 47.6 Å². The molecule has 0 saturated carbocycles. The monoisotopic (exact) mass is 353 g/mol. The van der Waals surface area contributed by atoms with Crippen molar-refractivity contribution in [3.63, 3.8) is 0 Å². The molecule has 138 valence electrons. The van der Waals surface area contributed by atoms with E-state index in [9.17, 15) is 4.79 Å². The van der Waals surface area contributed by atoms with Crippen molar-refractivity contribution in [3.05, 3.63) is 66.2 Å². The lowest BCUT2D eigenvalue weighted by molar-refractivity contribution is -0.118. The van der Waals surface area contributed by atoms with E-state index in [0.717, 1.165) is 5.57 Å². The summed E-state index contributed by atoms with van der Waals surface area (Å²) >= 11 is 0. The molecule has 4 nitrogen and oxygen atoms in total. The number of hydrogen-bond donors (Lipinski definition) is 1. The third-order valence-electron chi connectivity index (χ3n) is 3.69. The van der Waals surface area contributed by atoms with Gasteiger partial charge in [-0.3, -0.25) is 4.79 Å². The first kappa shape index (κ1) is 19.6. The van der Waals surface area contributed by atoms with Crippen molar-refractivity contribution in [2.45, 2.75) is 33.1 Å². The number of carbonyl (C=O) groups is 1. The van der Waals surface area contributed by atoms with E-state index in [0.29, 0.717) is 23.8 Å². The Kier molecular flexibility index (Phi) is 6.45. The van der Waals surface area contributed by atoms with E-state index < -0.39 is 0 Å². The first-order valence-electron chi connectivity index (χ1n) is 8.64. The second-order valence-electron chi connectivity index (χ2n) is 7.38. The molecule has 0 atom stereocenters.